The smallest absolute Gasteiger partial charge is 0.0929 e. The molecule has 0 saturated carbocycles. The van der Waals surface area contributed by atoms with Gasteiger partial charge in [0.25, 0.3) is 0 Å². The zero-order valence-electron chi connectivity index (χ0n) is 10.2. The lowest BCUT2D eigenvalue weighted by Gasteiger charge is -2.17. The molecular weight excluding hydrogens is 350 g/mol. The van der Waals surface area contributed by atoms with Crippen molar-refractivity contribution in [2.24, 2.45) is 0 Å². The molecule has 0 N–H and O–H groups in total. The molecule has 4 heteroatoms. The normalized spacial score (nSPS) is 13.0. The van der Waals surface area contributed by atoms with Crippen LogP contribution >= 0.6 is 34.2 Å². The quantitative estimate of drug-likeness (QED) is 0.407. The molecule has 1 rings (SSSR count). The van der Waals surface area contributed by atoms with E-state index >= 15 is 0 Å². The number of ether oxygens (including phenoxy) is 2. The summed E-state index contributed by atoms with van der Waals surface area (Å²) in [7, 11) is 0. The van der Waals surface area contributed by atoms with Gasteiger partial charge >= 0.3 is 0 Å². The van der Waals surface area contributed by atoms with E-state index in [0.717, 1.165) is 15.0 Å². The van der Waals surface area contributed by atoms with E-state index in [0.29, 0.717) is 13.2 Å². The first-order valence-corrected chi connectivity index (χ1v) is 7.59. The molecule has 0 aliphatic rings. The number of hydrogen-bond donors (Lipinski definition) is 0. The third-order valence-corrected chi connectivity index (χ3v) is 3.39. The standard InChI is InChI=1S/C13H18ClIO2/c1-10(2)16-7-8-17-13(9-15)11-5-3-4-6-12(11)14/h3-6,10,13H,7-9H2,1-2H3. The zero-order chi connectivity index (χ0) is 12.7. The molecule has 0 fully saturated rings. The summed E-state index contributed by atoms with van der Waals surface area (Å²) in [5.41, 5.74) is 1.05. The Morgan fingerprint density at radius 1 is 1.18 bits per heavy atom. The Hall–Kier alpha value is 0.160. The predicted octanol–water partition coefficient (Wildman–Crippen LogP) is 4.26. The van der Waals surface area contributed by atoms with Crippen molar-refractivity contribution < 1.29 is 9.47 Å². The molecule has 1 aromatic carbocycles. The summed E-state index contributed by atoms with van der Waals surface area (Å²) in [5.74, 6) is 0. The molecule has 1 aromatic rings. The molecule has 0 radical (unpaired) electrons. The summed E-state index contributed by atoms with van der Waals surface area (Å²) in [5, 5.41) is 0.763. The maximum atomic E-state index is 6.15. The van der Waals surface area contributed by atoms with Crippen LogP contribution in [0.5, 0.6) is 0 Å². The average Bonchev–Trinajstić information content (AvgIpc) is 2.30. The number of alkyl halides is 1. The molecular formula is C13H18ClIO2. The Balaban J connectivity index is 2.46. The van der Waals surface area contributed by atoms with E-state index in [-0.39, 0.29) is 12.2 Å². The molecule has 0 saturated heterocycles. The van der Waals surface area contributed by atoms with Gasteiger partial charge in [-0.2, -0.15) is 0 Å². The van der Waals surface area contributed by atoms with Crippen LogP contribution in [0.25, 0.3) is 0 Å². The fourth-order valence-electron chi connectivity index (χ4n) is 1.43. The lowest BCUT2D eigenvalue weighted by molar-refractivity contribution is -0.00500. The second-order valence-electron chi connectivity index (χ2n) is 3.95. The van der Waals surface area contributed by atoms with Crippen molar-refractivity contribution in [3.63, 3.8) is 0 Å². The number of benzene rings is 1. The van der Waals surface area contributed by atoms with Gasteiger partial charge in [0.2, 0.25) is 0 Å². The van der Waals surface area contributed by atoms with Crippen molar-refractivity contribution in [3.8, 4) is 0 Å². The van der Waals surface area contributed by atoms with Crippen LogP contribution in [0.15, 0.2) is 24.3 Å². The van der Waals surface area contributed by atoms with E-state index in [1.54, 1.807) is 0 Å². The van der Waals surface area contributed by atoms with E-state index in [1.807, 2.05) is 38.1 Å². The van der Waals surface area contributed by atoms with Crippen LogP contribution in [0.2, 0.25) is 5.02 Å². The third-order valence-electron chi connectivity index (χ3n) is 2.25. The summed E-state index contributed by atoms with van der Waals surface area (Å²) in [6.07, 6.45) is 0.289. The highest BCUT2D eigenvalue weighted by Crippen LogP contribution is 2.26. The largest absolute Gasteiger partial charge is 0.376 e. The van der Waals surface area contributed by atoms with Gasteiger partial charge in [-0.15, -0.1) is 0 Å². The van der Waals surface area contributed by atoms with Crippen molar-refractivity contribution in [1.29, 1.82) is 0 Å². The fourth-order valence-corrected chi connectivity index (χ4v) is 2.41. The van der Waals surface area contributed by atoms with Gasteiger partial charge in [0.15, 0.2) is 0 Å². The minimum atomic E-state index is 0.0417. The maximum Gasteiger partial charge on any atom is 0.0929 e. The SMILES string of the molecule is CC(C)OCCOC(CI)c1ccccc1Cl. The first-order chi connectivity index (χ1) is 8.15. The van der Waals surface area contributed by atoms with E-state index in [1.165, 1.54) is 0 Å². The monoisotopic (exact) mass is 368 g/mol. The van der Waals surface area contributed by atoms with E-state index in [9.17, 15) is 0 Å². The maximum absolute atomic E-state index is 6.15. The van der Waals surface area contributed by atoms with Gasteiger partial charge in [-0.3, -0.25) is 0 Å². The molecule has 0 aliphatic carbocycles. The Morgan fingerprint density at radius 3 is 2.41 bits per heavy atom. The molecule has 0 bridgehead atoms. The second-order valence-corrected chi connectivity index (χ2v) is 5.24. The van der Waals surface area contributed by atoms with E-state index < -0.39 is 0 Å². The Labute approximate surface area is 122 Å². The van der Waals surface area contributed by atoms with Gasteiger partial charge in [-0.1, -0.05) is 52.4 Å². The molecule has 96 valence electrons. The molecule has 2 nitrogen and oxygen atoms in total. The summed E-state index contributed by atoms with van der Waals surface area (Å²) in [4.78, 5) is 0. The topological polar surface area (TPSA) is 18.5 Å². The molecule has 0 aromatic heterocycles. The van der Waals surface area contributed by atoms with Crippen molar-refractivity contribution in [1.82, 2.24) is 0 Å². The van der Waals surface area contributed by atoms with Crippen molar-refractivity contribution in [3.05, 3.63) is 34.9 Å². The van der Waals surface area contributed by atoms with Gasteiger partial charge in [0.1, 0.15) is 0 Å². The van der Waals surface area contributed by atoms with Gasteiger partial charge in [-0.25, -0.2) is 0 Å². The van der Waals surface area contributed by atoms with E-state index in [2.05, 4.69) is 22.6 Å². The lowest BCUT2D eigenvalue weighted by atomic mass is 10.1. The van der Waals surface area contributed by atoms with Crippen molar-refractivity contribution >= 4 is 34.2 Å². The summed E-state index contributed by atoms with van der Waals surface area (Å²) < 4.78 is 12.1. The number of hydrogen-bond acceptors (Lipinski definition) is 2. The van der Waals surface area contributed by atoms with Gasteiger partial charge in [0.05, 0.1) is 25.4 Å². The van der Waals surface area contributed by atoms with E-state index in [4.69, 9.17) is 21.1 Å². The highest BCUT2D eigenvalue weighted by Gasteiger charge is 2.13. The van der Waals surface area contributed by atoms with Gasteiger partial charge in [-0.05, 0) is 19.9 Å². The third kappa shape index (κ3) is 5.55. The molecule has 0 amide bonds. The summed E-state index contributed by atoms with van der Waals surface area (Å²) in [6, 6.07) is 7.81. The lowest BCUT2D eigenvalue weighted by Crippen LogP contribution is -2.13. The summed E-state index contributed by atoms with van der Waals surface area (Å²) in [6.45, 7) is 5.25. The Kier molecular flexibility index (Phi) is 7.43. The van der Waals surface area contributed by atoms with Crippen LogP contribution in [-0.4, -0.2) is 23.7 Å². The fraction of sp³-hybridized carbons (Fsp3) is 0.538. The van der Waals surface area contributed by atoms with Gasteiger partial charge in [0, 0.05) is 15.0 Å². The first kappa shape index (κ1) is 15.2. The number of rotatable bonds is 7. The minimum absolute atomic E-state index is 0.0417. The van der Waals surface area contributed by atoms with Crippen LogP contribution < -0.4 is 0 Å². The first-order valence-electron chi connectivity index (χ1n) is 5.68. The van der Waals surface area contributed by atoms with Gasteiger partial charge < -0.3 is 9.47 Å². The zero-order valence-corrected chi connectivity index (χ0v) is 13.1. The Bertz CT molecular complexity index is 331. The molecule has 17 heavy (non-hydrogen) atoms. The second kappa shape index (κ2) is 8.29. The highest BCUT2D eigenvalue weighted by atomic mass is 127. The van der Waals surface area contributed by atoms with Crippen molar-refractivity contribution in [2.45, 2.75) is 26.1 Å². The average molecular weight is 369 g/mol. The number of halogens is 2. The molecule has 0 aliphatic heterocycles. The summed E-state index contributed by atoms with van der Waals surface area (Å²) >= 11 is 8.46. The molecule has 1 atom stereocenters. The van der Waals surface area contributed by atoms with Crippen LogP contribution in [0.4, 0.5) is 0 Å². The highest BCUT2D eigenvalue weighted by molar-refractivity contribution is 14.1. The molecule has 1 unspecified atom stereocenters. The van der Waals surface area contributed by atoms with Crippen LogP contribution in [0.3, 0.4) is 0 Å². The van der Waals surface area contributed by atoms with Crippen LogP contribution in [0.1, 0.15) is 25.5 Å². The Morgan fingerprint density at radius 2 is 1.82 bits per heavy atom. The predicted molar refractivity (Wildman–Crippen MR) is 80.1 cm³/mol. The molecule has 0 spiro atoms. The van der Waals surface area contributed by atoms with Crippen LogP contribution in [0, 0.1) is 0 Å². The minimum Gasteiger partial charge on any atom is -0.376 e. The molecule has 0 heterocycles. The van der Waals surface area contributed by atoms with Crippen LogP contribution in [-0.2, 0) is 9.47 Å². The van der Waals surface area contributed by atoms with Crippen molar-refractivity contribution in [2.75, 3.05) is 17.6 Å².